The highest BCUT2D eigenvalue weighted by molar-refractivity contribution is 6.22. The van der Waals surface area contributed by atoms with E-state index in [0.717, 1.165) is 12.8 Å². The van der Waals surface area contributed by atoms with Crippen molar-refractivity contribution in [3.63, 3.8) is 0 Å². The van der Waals surface area contributed by atoms with Gasteiger partial charge < -0.3 is 15.4 Å². The molecule has 2 aliphatic heterocycles. The number of benzene rings is 2. The maximum atomic E-state index is 12.8. The molecular formula is C25H27N3O5. The van der Waals surface area contributed by atoms with Crippen molar-refractivity contribution in [1.29, 1.82) is 0 Å². The number of nitrogens with one attached hydrogen (secondary N) is 2. The van der Waals surface area contributed by atoms with E-state index in [1.165, 1.54) is 23.1 Å². The normalized spacial score (nSPS) is 17.4. The van der Waals surface area contributed by atoms with Crippen LogP contribution in [0.4, 0.5) is 5.69 Å². The van der Waals surface area contributed by atoms with Crippen molar-refractivity contribution in [3.05, 3.63) is 64.7 Å². The molecule has 33 heavy (non-hydrogen) atoms. The summed E-state index contributed by atoms with van der Waals surface area (Å²) in [5.41, 5.74) is 1.81. The molecule has 0 radical (unpaired) electrons. The molecule has 0 spiro atoms. The Morgan fingerprint density at radius 1 is 1.00 bits per heavy atom. The molecule has 1 saturated heterocycles. The molecule has 4 rings (SSSR count). The molecular weight excluding hydrogens is 422 g/mol. The lowest BCUT2D eigenvalue weighted by Crippen LogP contribution is -2.36. The lowest BCUT2D eigenvalue weighted by molar-refractivity contribution is 0.0475. The van der Waals surface area contributed by atoms with Gasteiger partial charge in [0.2, 0.25) is 0 Å². The van der Waals surface area contributed by atoms with Crippen LogP contribution in [0, 0.1) is 5.92 Å². The van der Waals surface area contributed by atoms with E-state index in [2.05, 4.69) is 10.6 Å². The van der Waals surface area contributed by atoms with E-state index in [4.69, 9.17) is 4.74 Å². The van der Waals surface area contributed by atoms with Crippen LogP contribution >= 0.6 is 0 Å². The third-order valence-electron chi connectivity index (χ3n) is 5.72. The number of hydrogen-bond donors (Lipinski definition) is 2. The van der Waals surface area contributed by atoms with E-state index in [1.807, 2.05) is 13.8 Å². The smallest absolute Gasteiger partial charge is 0.261 e. The second-order valence-electron chi connectivity index (χ2n) is 8.75. The van der Waals surface area contributed by atoms with Crippen LogP contribution in [0.2, 0.25) is 0 Å². The van der Waals surface area contributed by atoms with Crippen molar-refractivity contribution < 1.29 is 23.9 Å². The van der Waals surface area contributed by atoms with Crippen LogP contribution in [0.25, 0.3) is 0 Å². The summed E-state index contributed by atoms with van der Waals surface area (Å²) in [6, 6.07) is 11.1. The number of carbonyl (C=O) groups excluding carboxylic acids is 4. The first-order valence-electron chi connectivity index (χ1n) is 11.1. The molecule has 1 fully saturated rings. The maximum Gasteiger partial charge on any atom is 0.261 e. The molecule has 0 bridgehead atoms. The standard InChI is InChI=1S/C25H27N3O5/c1-15(2)13-26-22(29)16-5-8-18(9-6-16)27-23(30)17-7-10-20-21(12-17)25(32)28(24(20)31)14-19-4-3-11-33-19/h5-10,12,15,19H,3-4,11,13-14H2,1-2H3,(H,26,29)(H,27,30). The molecule has 2 heterocycles. The van der Waals surface area contributed by atoms with E-state index in [0.29, 0.717) is 35.9 Å². The second kappa shape index (κ2) is 9.54. The van der Waals surface area contributed by atoms with Gasteiger partial charge in [-0.05, 0) is 61.2 Å². The Morgan fingerprint density at radius 2 is 1.70 bits per heavy atom. The molecule has 4 amide bonds. The van der Waals surface area contributed by atoms with Gasteiger partial charge in [0.25, 0.3) is 23.6 Å². The zero-order valence-electron chi connectivity index (χ0n) is 18.7. The molecule has 2 N–H and O–H groups in total. The van der Waals surface area contributed by atoms with Crippen LogP contribution in [0.1, 0.15) is 68.1 Å². The predicted octanol–water partition coefficient (Wildman–Crippen LogP) is 3.10. The molecule has 2 aliphatic rings. The Bertz CT molecular complexity index is 1090. The molecule has 0 aliphatic carbocycles. The first kappa shape index (κ1) is 22.7. The summed E-state index contributed by atoms with van der Waals surface area (Å²) >= 11 is 0. The summed E-state index contributed by atoms with van der Waals surface area (Å²) < 4.78 is 5.55. The Balaban J connectivity index is 1.42. The number of ether oxygens (including phenoxy) is 1. The lowest BCUT2D eigenvalue weighted by atomic mass is 10.1. The summed E-state index contributed by atoms with van der Waals surface area (Å²) in [6.45, 7) is 5.49. The maximum absolute atomic E-state index is 12.8. The minimum Gasteiger partial charge on any atom is -0.376 e. The Hall–Kier alpha value is -3.52. The predicted molar refractivity (Wildman–Crippen MR) is 122 cm³/mol. The highest BCUT2D eigenvalue weighted by Gasteiger charge is 2.37. The number of imide groups is 1. The Morgan fingerprint density at radius 3 is 2.36 bits per heavy atom. The average Bonchev–Trinajstić information content (AvgIpc) is 3.40. The van der Waals surface area contributed by atoms with Crippen molar-refractivity contribution in [2.75, 3.05) is 25.0 Å². The topological polar surface area (TPSA) is 105 Å². The molecule has 1 atom stereocenters. The SMILES string of the molecule is CC(C)CNC(=O)c1ccc(NC(=O)c2ccc3c(c2)C(=O)N(CC2CCCO2)C3=O)cc1. The van der Waals surface area contributed by atoms with Gasteiger partial charge in [-0.25, -0.2) is 0 Å². The molecule has 0 saturated carbocycles. The molecule has 8 nitrogen and oxygen atoms in total. The summed E-state index contributed by atoms with van der Waals surface area (Å²) in [5.74, 6) is -0.991. The first-order valence-corrected chi connectivity index (χ1v) is 11.1. The molecule has 0 aromatic heterocycles. The summed E-state index contributed by atoms with van der Waals surface area (Å²) in [7, 11) is 0. The molecule has 8 heteroatoms. The van der Waals surface area contributed by atoms with Crippen LogP contribution < -0.4 is 10.6 Å². The van der Waals surface area contributed by atoms with Gasteiger partial charge in [0.15, 0.2) is 0 Å². The zero-order valence-corrected chi connectivity index (χ0v) is 18.7. The molecule has 2 aromatic carbocycles. The average molecular weight is 450 g/mol. The van der Waals surface area contributed by atoms with Crippen LogP contribution in [0.15, 0.2) is 42.5 Å². The van der Waals surface area contributed by atoms with Crippen LogP contribution in [-0.4, -0.2) is 54.3 Å². The van der Waals surface area contributed by atoms with Crippen molar-refractivity contribution >= 4 is 29.3 Å². The first-order chi connectivity index (χ1) is 15.8. The van der Waals surface area contributed by atoms with Gasteiger partial charge in [0.05, 0.1) is 23.8 Å². The van der Waals surface area contributed by atoms with Crippen molar-refractivity contribution in [2.45, 2.75) is 32.8 Å². The highest BCUT2D eigenvalue weighted by Crippen LogP contribution is 2.26. The van der Waals surface area contributed by atoms with Gasteiger partial charge in [0, 0.05) is 30.0 Å². The fourth-order valence-electron chi connectivity index (χ4n) is 3.90. The minimum atomic E-state index is -0.410. The van der Waals surface area contributed by atoms with Crippen molar-refractivity contribution in [3.8, 4) is 0 Å². The highest BCUT2D eigenvalue weighted by atomic mass is 16.5. The van der Waals surface area contributed by atoms with Crippen LogP contribution in [-0.2, 0) is 4.74 Å². The van der Waals surface area contributed by atoms with Crippen LogP contribution in [0.5, 0.6) is 0 Å². The fourth-order valence-corrected chi connectivity index (χ4v) is 3.90. The number of rotatable bonds is 7. The summed E-state index contributed by atoms with van der Waals surface area (Å²) in [4.78, 5) is 51.5. The number of hydrogen-bond acceptors (Lipinski definition) is 5. The minimum absolute atomic E-state index is 0.134. The summed E-state index contributed by atoms with van der Waals surface area (Å²) in [6.07, 6.45) is 1.60. The molecule has 2 aromatic rings. The monoisotopic (exact) mass is 449 g/mol. The van der Waals surface area contributed by atoms with Gasteiger partial charge in [-0.1, -0.05) is 13.8 Å². The van der Waals surface area contributed by atoms with Gasteiger partial charge in [0.1, 0.15) is 0 Å². The van der Waals surface area contributed by atoms with Gasteiger partial charge in [-0.3, -0.25) is 24.1 Å². The molecule has 1 unspecified atom stereocenters. The van der Waals surface area contributed by atoms with Gasteiger partial charge in [-0.15, -0.1) is 0 Å². The number of carbonyl (C=O) groups is 4. The second-order valence-corrected chi connectivity index (χ2v) is 8.75. The fraction of sp³-hybridized carbons (Fsp3) is 0.360. The van der Waals surface area contributed by atoms with Crippen molar-refractivity contribution in [1.82, 2.24) is 10.2 Å². The number of amides is 4. The van der Waals surface area contributed by atoms with Crippen molar-refractivity contribution in [2.24, 2.45) is 5.92 Å². The van der Waals surface area contributed by atoms with Gasteiger partial charge in [-0.2, -0.15) is 0 Å². The number of fused-ring (bicyclic) bond motifs is 1. The van der Waals surface area contributed by atoms with Crippen LogP contribution in [0.3, 0.4) is 0 Å². The third kappa shape index (κ3) is 4.96. The van der Waals surface area contributed by atoms with E-state index in [9.17, 15) is 19.2 Å². The third-order valence-corrected chi connectivity index (χ3v) is 5.72. The largest absolute Gasteiger partial charge is 0.376 e. The van der Waals surface area contributed by atoms with E-state index >= 15 is 0 Å². The summed E-state index contributed by atoms with van der Waals surface area (Å²) in [5, 5.41) is 5.61. The van der Waals surface area contributed by atoms with E-state index < -0.39 is 11.8 Å². The van der Waals surface area contributed by atoms with Gasteiger partial charge >= 0.3 is 0 Å². The van der Waals surface area contributed by atoms with E-state index in [1.54, 1.807) is 24.3 Å². The number of anilines is 1. The quantitative estimate of drug-likeness (QED) is 0.632. The zero-order chi connectivity index (χ0) is 23.5. The van der Waals surface area contributed by atoms with E-state index in [-0.39, 0.29) is 35.6 Å². The lowest BCUT2D eigenvalue weighted by Gasteiger charge is -2.17. The Labute approximate surface area is 192 Å². The Kier molecular flexibility index (Phi) is 6.55. The number of nitrogens with zero attached hydrogens (tertiary/aromatic N) is 1. The molecule has 172 valence electrons.